The van der Waals surface area contributed by atoms with Crippen LogP contribution in [0.15, 0.2) is 36.4 Å². The quantitative estimate of drug-likeness (QED) is 0.816. The van der Waals surface area contributed by atoms with Gasteiger partial charge in [0, 0.05) is 24.9 Å². The number of rotatable bonds is 1. The molecular weight excluding hydrogens is 334 g/mol. The molecule has 0 radical (unpaired) electrons. The van der Waals surface area contributed by atoms with Crippen LogP contribution in [0.5, 0.6) is 5.75 Å². The SMILES string of the molecule is CN1C(=O)CC[C@]2(C)c3ccc(-c4ccc(O)c(Cl)c4)cc3CCC12. The van der Waals surface area contributed by atoms with Crippen molar-refractivity contribution in [2.45, 2.75) is 44.1 Å². The van der Waals surface area contributed by atoms with E-state index < -0.39 is 0 Å². The number of halogens is 1. The molecule has 1 fully saturated rings. The van der Waals surface area contributed by atoms with Gasteiger partial charge in [-0.1, -0.05) is 42.8 Å². The highest BCUT2D eigenvalue weighted by Gasteiger charge is 2.46. The third-order valence-electron chi connectivity index (χ3n) is 6.14. The normalized spacial score (nSPS) is 25.5. The Kier molecular flexibility index (Phi) is 3.80. The molecule has 130 valence electrons. The van der Waals surface area contributed by atoms with Crippen molar-refractivity contribution in [3.63, 3.8) is 0 Å². The van der Waals surface area contributed by atoms with Crippen LogP contribution in [-0.4, -0.2) is 29.0 Å². The molecule has 1 amide bonds. The number of phenolic OH excluding ortho intramolecular Hbond substituents is 1. The second-order valence-corrected chi connectivity index (χ2v) is 7.92. The number of carbonyl (C=O) groups is 1. The number of nitrogens with zero attached hydrogens (tertiary/aromatic N) is 1. The van der Waals surface area contributed by atoms with Crippen LogP contribution in [0.3, 0.4) is 0 Å². The van der Waals surface area contributed by atoms with Gasteiger partial charge in [-0.15, -0.1) is 0 Å². The molecule has 4 heteroatoms. The van der Waals surface area contributed by atoms with E-state index in [1.165, 1.54) is 11.1 Å². The van der Waals surface area contributed by atoms with Crippen LogP contribution in [0, 0.1) is 0 Å². The number of benzene rings is 2. The van der Waals surface area contributed by atoms with Gasteiger partial charge in [-0.25, -0.2) is 0 Å². The monoisotopic (exact) mass is 355 g/mol. The Bertz CT molecular complexity index is 863. The molecule has 1 saturated heterocycles. The lowest BCUT2D eigenvalue weighted by atomic mass is 9.63. The maximum absolute atomic E-state index is 12.1. The lowest BCUT2D eigenvalue weighted by Gasteiger charge is -2.50. The van der Waals surface area contributed by atoms with E-state index in [9.17, 15) is 9.90 Å². The van der Waals surface area contributed by atoms with Crippen molar-refractivity contribution in [3.05, 3.63) is 52.5 Å². The highest BCUT2D eigenvalue weighted by Crippen LogP contribution is 2.46. The van der Waals surface area contributed by atoms with Gasteiger partial charge in [-0.2, -0.15) is 0 Å². The molecule has 2 aromatic carbocycles. The molecule has 0 aromatic heterocycles. The van der Waals surface area contributed by atoms with Crippen LogP contribution in [-0.2, 0) is 16.6 Å². The first-order valence-corrected chi connectivity index (χ1v) is 9.16. The number of piperidine rings is 1. The van der Waals surface area contributed by atoms with E-state index in [0.717, 1.165) is 30.4 Å². The van der Waals surface area contributed by atoms with Gasteiger partial charge < -0.3 is 10.0 Å². The summed E-state index contributed by atoms with van der Waals surface area (Å²) in [6.07, 6.45) is 3.52. The maximum Gasteiger partial charge on any atom is 0.222 e. The average Bonchev–Trinajstić information content (AvgIpc) is 2.60. The van der Waals surface area contributed by atoms with Gasteiger partial charge >= 0.3 is 0 Å². The zero-order valence-electron chi connectivity index (χ0n) is 14.6. The average molecular weight is 356 g/mol. The van der Waals surface area contributed by atoms with E-state index in [1.807, 2.05) is 18.0 Å². The summed E-state index contributed by atoms with van der Waals surface area (Å²) in [5, 5.41) is 10.00. The summed E-state index contributed by atoms with van der Waals surface area (Å²) in [5.74, 6) is 0.370. The number of likely N-dealkylation sites (N-methyl/N-ethyl adjacent to an activating group) is 1. The van der Waals surface area contributed by atoms with Crippen LogP contribution in [0.4, 0.5) is 0 Å². The molecule has 2 aliphatic rings. The minimum Gasteiger partial charge on any atom is -0.506 e. The van der Waals surface area contributed by atoms with E-state index in [4.69, 9.17) is 11.6 Å². The number of amides is 1. The molecule has 2 aromatic rings. The Morgan fingerprint density at radius 2 is 1.88 bits per heavy atom. The smallest absolute Gasteiger partial charge is 0.222 e. The van der Waals surface area contributed by atoms with Gasteiger partial charge in [0.25, 0.3) is 0 Å². The number of hydrogen-bond donors (Lipinski definition) is 1. The predicted octanol–water partition coefficient (Wildman–Crippen LogP) is 4.54. The summed E-state index contributed by atoms with van der Waals surface area (Å²) in [7, 11) is 1.95. The zero-order chi connectivity index (χ0) is 17.8. The van der Waals surface area contributed by atoms with E-state index in [2.05, 4.69) is 25.1 Å². The molecule has 0 spiro atoms. The zero-order valence-corrected chi connectivity index (χ0v) is 15.3. The highest BCUT2D eigenvalue weighted by molar-refractivity contribution is 6.32. The molecule has 1 heterocycles. The summed E-state index contributed by atoms with van der Waals surface area (Å²) < 4.78 is 0. The van der Waals surface area contributed by atoms with Crippen molar-refractivity contribution >= 4 is 17.5 Å². The molecule has 4 rings (SSSR count). The summed E-state index contributed by atoms with van der Waals surface area (Å²) in [4.78, 5) is 14.1. The van der Waals surface area contributed by atoms with E-state index in [-0.39, 0.29) is 23.1 Å². The summed E-state index contributed by atoms with van der Waals surface area (Å²) in [5.41, 5.74) is 4.89. The van der Waals surface area contributed by atoms with Crippen LogP contribution < -0.4 is 0 Å². The molecule has 1 aliphatic heterocycles. The van der Waals surface area contributed by atoms with E-state index >= 15 is 0 Å². The maximum atomic E-state index is 12.1. The Hall–Kier alpha value is -2.00. The Labute approximate surface area is 153 Å². The first kappa shape index (κ1) is 16.5. The number of aromatic hydroxyl groups is 1. The van der Waals surface area contributed by atoms with Gasteiger partial charge in [0.05, 0.1) is 5.02 Å². The van der Waals surface area contributed by atoms with Gasteiger partial charge in [-0.3, -0.25) is 4.79 Å². The summed E-state index contributed by atoms with van der Waals surface area (Å²) >= 11 is 6.06. The largest absolute Gasteiger partial charge is 0.506 e. The molecule has 2 atom stereocenters. The second kappa shape index (κ2) is 5.77. The van der Waals surface area contributed by atoms with Crippen LogP contribution in [0.25, 0.3) is 11.1 Å². The number of fused-ring (bicyclic) bond motifs is 3. The van der Waals surface area contributed by atoms with Crippen molar-refractivity contribution in [2.75, 3.05) is 7.05 Å². The number of likely N-dealkylation sites (tertiary alicyclic amines) is 1. The highest BCUT2D eigenvalue weighted by atomic mass is 35.5. The second-order valence-electron chi connectivity index (χ2n) is 7.51. The third kappa shape index (κ3) is 2.53. The Balaban J connectivity index is 1.75. The fraction of sp³-hybridized carbons (Fsp3) is 0.381. The minimum absolute atomic E-state index is 0.0291. The first-order chi connectivity index (χ1) is 11.9. The van der Waals surface area contributed by atoms with Crippen LogP contribution in [0.2, 0.25) is 5.02 Å². The van der Waals surface area contributed by atoms with Crippen molar-refractivity contribution in [1.29, 1.82) is 0 Å². The number of phenols is 1. The molecule has 3 nitrogen and oxygen atoms in total. The first-order valence-electron chi connectivity index (χ1n) is 8.78. The van der Waals surface area contributed by atoms with Crippen molar-refractivity contribution in [2.24, 2.45) is 0 Å². The molecule has 0 bridgehead atoms. The lowest BCUT2D eigenvalue weighted by Crippen LogP contribution is -2.56. The predicted molar refractivity (Wildman–Crippen MR) is 100 cm³/mol. The molecule has 0 saturated carbocycles. The third-order valence-corrected chi connectivity index (χ3v) is 6.45. The lowest BCUT2D eigenvalue weighted by molar-refractivity contribution is -0.138. The fourth-order valence-corrected chi connectivity index (χ4v) is 4.83. The molecule has 1 aliphatic carbocycles. The standard InChI is InChI=1S/C21H22ClNO2/c1-21-10-9-20(25)23(2)19(21)8-5-15-11-13(3-6-16(15)21)14-4-7-18(24)17(22)12-14/h3-4,6-7,11-12,19,24H,5,8-10H2,1-2H3/t19?,21-/m1/s1. The van der Waals surface area contributed by atoms with Crippen LogP contribution in [0.1, 0.15) is 37.3 Å². The summed E-state index contributed by atoms with van der Waals surface area (Å²) in [6, 6.07) is 12.2. The molecule has 25 heavy (non-hydrogen) atoms. The van der Waals surface area contributed by atoms with Crippen LogP contribution >= 0.6 is 11.6 Å². The number of aryl methyl sites for hydroxylation is 1. The van der Waals surface area contributed by atoms with Gasteiger partial charge in [0.15, 0.2) is 0 Å². The van der Waals surface area contributed by atoms with Gasteiger partial charge in [0.1, 0.15) is 5.75 Å². The van der Waals surface area contributed by atoms with E-state index in [0.29, 0.717) is 11.4 Å². The van der Waals surface area contributed by atoms with Crippen molar-refractivity contribution < 1.29 is 9.90 Å². The summed E-state index contributed by atoms with van der Waals surface area (Å²) in [6.45, 7) is 2.30. The van der Waals surface area contributed by atoms with E-state index in [1.54, 1.807) is 12.1 Å². The molecule has 1 unspecified atom stereocenters. The number of carbonyl (C=O) groups excluding carboxylic acids is 1. The Morgan fingerprint density at radius 1 is 1.16 bits per heavy atom. The Morgan fingerprint density at radius 3 is 2.64 bits per heavy atom. The molecular formula is C21H22ClNO2. The van der Waals surface area contributed by atoms with Gasteiger partial charge in [-0.05, 0) is 53.6 Å². The number of hydrogen-bond acceptors (Lipinski definition) is 2. The fourth-order valence-electron chi connectivity index (χ4n) is 4.65. The minimum atomic E-state index is 0.0291. The molecule has 1 N–H and O–H groups in total. The topological polar surface area (TPSA) is 40.5 Å². The van der Waals surface area contributed by atoms with Crippen molar-refractivity contribution in [3.8, 4) is 16.9 Å². The van der Waals surface area contributed by atoms with Gasteiger partial charge in [0.2, 0.25) is 5.91 Å². The van der Waals surface area contributed by atoms with Crippen molar-refractivity contribution in [1.82, 2.24) is 4.90 Å².